The van der Waals surface area contributed by atoms with E-state index in [1.807, 2.05) is 18.2 Å². The molecular formula is C21H26ClN5O3S. The second-order valence-corrected chi connectivity index (χ2v) is 9.09. The predicted octanol–water partition coefficient (Wildman–Crippen LogP) is 2.41. The van der Waals surface area contributed by atoms with Crippen molar-refractivity contribution in [2.75, 3.05) is 26.7 Å². The molecule has 1 atom stereocenters. The van der Waals surface area contributed by atoms with Crippen molar-refractivity contribution in [2.45, 2.75) is 19.4 Å². The normalized spacial score (nSPS) is 19.6. The molecule has 2 N–H and O–H groups in total. The molecule has 8 nitrogen and oxygen atoms in total. The van der Waals surface area contributed by atoms with Crippen molar-refractivity contribution in [1.29, 1.82) is 0 Å². The number of rotatable bonds is 6. The van der Waals surface area contributed by atoms with Gasteiger partial charge >= 0.3 is 10.2 Å². The third kappa shape index (κ3) is 4.74. The fourth-order valence-electron chi connectivity index (χ4n) is 3.46. The largest absolute Gasteiger partial charge is 0.377 e. The number of guanidine groups is 1. The summed E-state index contributed by atoms with van der Waals surface area (Å²) >= 11 is 6.02. The van der Waals surface area contributed by atoms with Crippen molar-refractivity contribution < 1.29 is 13.5 Å². The summed E-state index contributed by atoms with van der Waals surface area (Å²) in [6, 6.07) is 16.1. The van der Waals surface area contributed by atoms with Gasteiger partial charge in [0.2, 0.25) is 5.96 Å². The van der Waals surface area contributed by atoms with E-state index in [9.17, 15) is 13.5 Å². The van der Waals surface area contributed by atoms with E-state index in [1.165, 1.54) is 16.4 Å². The Kier molecular flexibility index (Phi) is 7.00. The van der Waals surface area contributed by atoms with E-state index in [-0.39, 0.29) is 12.5 Å². The number of β-amino-alcohol motifs (C(OH)–C–C–N with tert-alkyl or cyclic N) is 1. The zero-order valence-corrected chi connectivity index (χ0v) is 19.2. The molecule has 0 bridgehead atoms. The Bertz CT molecular complexity index is 1070. The van der Waals surface area contributed by atoms with E-state index in [0.717, 1.165) is 0 Å². The number of benzene rings is 2. The van der Waals surface area contributed by atoms with Crippen molar-refractivity contribution in [2.24, 2.45) is 10.1 Å². The van der Waals surface area contributed by atoms with Crippen LogP contribution in [0.4, 0.5) is 0 Å². The van der Waals surface area contributed by atoms with Gasteiger partial charge in [0, 0.05) is 30.7 Å². The molecule has 31 heavy (non-hydrogen) atoms. The summed E-state index contributed by atoms with van der Waals surface area (Å²) in [4.78, 5) is 4.09. The molecule has 1 aliphatic heterocycles. The molecule has 1 heterocycles. The van der Waals surface area contributed by atoms with Gasteiger partial charge in [0.15, 0.2) is 5.60 Å². The molecule has 0 radical (unpaired) electrons. The maximum absolute atomic E-state index is 12.7. The quantitative estimate of drug-likeness (QED) is 0.507. The molecule has 2 aromatic rings. The molecule has 0 fully saturated rings. The lowest BCUT2D eigenvalue weighted by Crippen LogP contribution is -2.49. The van der Waals surface area contributed by atoms with E-state index >= 15 is 0 Å². The molecule has 166 valence electrons. The fourth-order valence-corrected chi connectivity index (χ4v) is 4.82. The first kappa shape index (κ1) is 23.2. The van der Waals surface area contributed by atoms with Gasteiger partial charge in [0.25, 0.3) is 0 Å². The van der Waals surface area contributed by atoms with Gasteiger partial charge in [-0.05, 0) is 17.7 Å². The van der Waals surface area contributed by atoms with Crippen LogP contribution in [0, 0.1) is 0 Å². The second-order valence-electron chi connectivity index (χ2n) is 6.98. The SMILES string of the molecule is CCN(CC)S(=O)(=O)NC(=NC)N1CC(O)(c2ccccc2)C(c2ccc(Cl)cc2)=N1. The topological polar surface area (TPSA) is 97.6 Å². The van der Waals surface area contributed by atoms with Crippen LogP contribution in [0.15, 0.2) is 64.7 Å². The Morgan fingerprint density at radius 3 is 2.35 bits per heavy atom. The van der Waals surface area contributed by atoms with Gasteiger partial charge < -0.3 is 5.11 Å². The Labute approximate surface area is 188 Å². The van der Waals surface area contributed by atoms with Crippen LogP contribution in [-0.4, -0.2) is 61.2 Å². The Hall–Kier alpha value is -2.46. The number of aliphatic hydroxyl groups is 1. The van der Waals surface area contributed by atoms with Crippen molar-refractivity contribution in [1.82, 2.24) is 14.0 Å². The smallest absolute Gasteiger partial charge is 0.303 e. The number of hydrogen-bond donors (Lipinski definition) is 2. The summed E-state index contributed by atoms with van der Waals surface area (Å²) in [5.41, 5.74) is 0.193. The molecule has 1 aliphatic rings. The molecule has 0 saturated carbocycles. The first-order chi connectivity index (χ1) is 14.7. The molecule has 0 saturated heterocycles. The second kappa shape index (κ2) is 9.35. The van der Waals surface area contributed by atoms with Crippen molar-refractivity contribution >= 4 is 33.5 Å². The maximum atomic E-state index is 12.7. The Balaban J connectivity index is 2.03. The van der Waals surface area contributed by atoms with Crippen LogP contribution in [0.25, 0.3) is 0 Å². The van der Waals surface area contributed by atoms with Gasteiger partial charge in [0.1, 0.15) is 5.71 Å². The molecule has 0 amide bonds. The fraction of sp³-hybridized carbons (Fsp3) is 0.333. The molecule has 2 aromatic carbocycles. The van der Waals surface area contributed by atoms with Crippen LogP contribution in [0.5, 0.6) is 0 Å². The van der Waals surface area contributed by atoms with Crippen LogP contribution in [0.1, 0.15) is 25.0 Å². The van der Waals surface area contributed by atoms with Crippen LogP contribution < -0.4 is 4.72 Å². The first-order valence-corrected chi connectivity index (χ1v) is 11.7. The van der Waals surface area contributed by atoms with Crippen LogP contribution in [-0.2, 0) is 15.8 Å². The summed E-state index contributed by atoms with van der Waals surface area (Å²) in [6.07, 6.45) is 0. The zero-order chi connectivity index (χ0) is 22.6. The van der Waals surface area contributed by atoms with Gasteiger partial charge in [0.05, 0.1) is 6.54 Å². The van der Waals surface area contributed by atoms with Crippen LogP contribution >= 0.6 is 11.6 Å². The summed E-state index contributed by atoms with van der Waals surface area (Å²) in [7, 11) is -2.35. The molecule has 0 spiro atoms. The van der Waals surface area contributed by atoms with Gasteiger partial charge in [-0.3, -0.25) is 4.99 Å². The Morgan fingerprint density at radius 2 is 1.81 bits per heavy atom. The van der Waals surface area contributed by atoms with E-state index < -0.39 is 15.8 Å². The third-order valence-electron chi connectivity index (χ3n) is 5.08. The number of nitrogens with one attached hydrogen (secondary N) is 1. The average Bonchev–Trinajstić information content (AvgIpc) is 3.12. The highest BCUT2D eigenvalue weighted by Gasteiger charge is 2.45. The highest BCUT2D eigenvalue weighted by molar-refractivity contribution is 7.87. The first-order valence-electron chi connectivity index (χ1n) is 9.90. The van der Waals surface area contributed by atoms with Crippen LogP contribution in [0.3, 0.4) is 0 Å². The minimum absolute atomic E-state index is 0.0115. The van der Waals surface area contributed by atoms with Crippen molar-refractivity contribution in [3.8, 4) is 0 Å². The lowest BCUT2D eigenvalue weighted by molar-refractivity contribution is 0.103. The standard InChI is InChI=1S/C21H26ClN5O3S/c1-4-26(5-2)31(29,30)25-20(23-3)27-15-21(28,17-9-7-6-8-10-17)19(24-27)16-11-13-18(22)14-12-16/h6-14,28H,4-5,15H2,1-3H3,(H,23,25). The summed E-state index contributed by atoms with van der Waals surface area (Å²) < 4.78 is 29.2. The molecule has 3 rings (SSSR count). The zero-order valence-electron chi connectivity index (χ0n) is 17.7. The molecule has 0 aliphatic carbocycles. The predicted molar refractivity (Wildman–Crippen MR) is 123 cm³/mol. The minimum Gasteiger partial charge on any atom is -0.377 e. The van der Waals surface area contributed by atoms with Gasteiger partial charge in [-0.1, -0.05) is 67.9 Å². The van der Waals surface area contributed by atoms with Crippen LogP contribution in [0.2, 0.25) is 5.02 Å². The Morgan fingerprint density at radius 1 is 1.19 bits per heavy atom. The molecule has 1 unspecified atom stereocenters. The van der Waals surface area contributed by atoms with Gasteiger partial charge in [-0.15, -0.1) is 0 Å². The molecule has 10 heteroatoms. The van der Waals surface area contributed by atoms with E-state index in [2.05, 4.69) is 14.8 Å². The van der Waals surface area contributed by atoms with Gasteiger partial charge in [-0.2, -0.15) is 17.8 Å². The van der Waals surface area contributed by atoms with E-state index in [0.29, 0.717) is 35.0 Å². The molecular weight excluding hydrogens is 438 g/mol. The number of halogens is 1. The number of aliphatic imine (C=N–C) groups is 1. The van der Waals surface area contributed by atoms with E-state index in [1.54, 1.807) is 50.2 Å². The number of hydrogen-bond acceptors (Lipinski definition) is 5. The highest BCUT2D eigenvalue weighted by Crippen LogP contribution is 2.33. The summed E-state index contributed by atoms with van der Waals surface area (Å²) in [5.74, 6) is 0.0187. The van der Waals surface area contributed by atoms with E-state index in [4.69, 9.17) is 11.6 Å². The average molecular weight is 464 g/mol. The lowest BCUT2D eigenvalue weighted by atomic mass is 9.86. The molecule has 0 aromatic heterocycles. The minimum atomic E-state index is -3.82. The van der Waals surface area contributed by atoms with Gasteiger partial charge in [-0.25, -0.2) is 9.73 Å². The maximum Gasteiger partial charge on any atom is 0.303 e. The summed E-state index contributed by atoms with van der Waals surface area (Å²) in [5, 5.41) is 18.2. The summed E-state index contributed by atoms with van der Waals surface area (Å²) in [6.45, 7) is 4.13. The van der Waals surface area contributed by atoms with Crippen molar-refractivity contribution in [3.05, 3.63) is 70.7 Å². The third-order valence-corrected chi connectivity index (χ3v) is 6.97. The number of hydrazone groups is 1. The number of nitrogens with zero attached hydrogens (tertiary/aromatic N) is 4. The lowest BCUT2D eigenvalue weighted by Gasteiger charge is -2.27. The highest BCUT2D eigenvalue weighted by atomic mass is 35.5. The monoisotopic (exact) mass is 463 g/mol. The van der Waals surface area contributed by atoms with Crippen molar-refractivity contribution in [3.63, 3.8) is 0 Å².